The second-order valence-corrected chi connectivity index (χ2v) is 3.16. The van der Waals surface area contributed by atoms with Crippen molar-refractivity contribution in [3.05, 3.63) is 0 Å². The van der Waals surface area contributed by atoms with Crippen molar-refractivity contribution in [3.8, 4) is 0 Å². The third-order valence-corrected chi connectivity index (χ3v) is 2.07. The molecule has 0 bridgehead atoms. The highest BCUT2D eigenvalue weighted by atomic mass is 16.3. The molecule has 0 heterocycles. The summed E-state index contributed by atoms with van der Waals surface area (Å²) < 4.78 is 0. The predicted molar refractivity (Wildman–Crippen MR) is 46.4 cm³/mol. The highest BCUT2D eigenvalue weighted by Crippen LogP contribution is 2.17. The maximum Gasteiger partial charge on any atom is 0.0540 e. The number of aliphatic hydroxyl groups excluding tert-OH is 2. The lowest BCUT2D eigenvalue weighted by molar-refractivity contribution is 0.108. The summed E-state index contributed by atoms with van der Waals surface area (Å²) in [5, 5.41) is 17.9. The van der Waals surface area contributed by atoms with Gasteiger partial charge in [-0.05, 0) is 32.1 Å². The standard InChI is InChI=1S/C9H20O2/c1-3-5-9(8(2)11)6-4-7-10/h8-11H,3-7H2,1-2H3. The Morgan fingerprint density at radius 2 is 1.91 bits per heavy atom. The second-order valence-electron chi connectivity index (χ2n) is 3.16. The van der Waals surface area contributed by atoms with E-state index in [-0.39, 0.29) is 12.7 Å². The lowest BCUT2D eigenvalue weighted by Crippen LogP contribution is -2.16. The Balaban J connectivity index is 3.51. The molecule has 68 valence electrons. The van der Waals surface area contributed by atoms with E-state index >= 15 is 0 Å². The van der Waals surface area contributed by atoms with Crippen molar-refractivity contribution in [2.45, 2.75) is 45.6 Å². The first-order chi connectivity index (χ1) is 5.22. The summed E-state index contributed by atoms with van der Waals surface area (Å²) in [6, 6.07) is 0. The van der Waals surface area contributed by atoms with Gasteiger partial charge in [-0.15, -0.1) is 0 Å². The zero-order valence-corrected chi connectivity index (χ0v) is 7.58. The van der Waals surface area contributed by atoms with Crippen molar-refractivity contribution in [2.24, 2.45) is 5.92 Å². The molecule has 0 aliphatic carbocycles. The van der Waals surface area contributed by atoms with Crippen molar-refractivity contribution < 1.29 is 10.2 Å². The van der Waals surface area contributed by atoms with Crippen molar-refractivity contribution in [2.75, 3.05) is 6.61 Å². The largest absolute Gasteiger partial charge is 0.396 e. The highest BCUT2D eigenvalue weighted by Gasteiger charge is 2.12. The third kappa shape index (κ3) is 5.22. The topological polar surface area (TPSA) is 40.5 Å². The van der Waals surface area contributed by atoms with Gasteiger partial charge in [0.05, 0.1) is 6.10 Å². The van der Waals surface area contributed by atoms with Crippen LogP contribution in [0.5, 0.6) is 0 Å². The van der Waals surface area contributed by atoms with Crippen LogP contribution in [0.4, 0.5) is 0 Å². The van der Waals surface area contributed by atoms with E-state index in [0.29, 0.717) is 5.92 Å². The Hall–Kier alpha value is -0.0800. The lowest BCUT2D eigenvalue weighted by atomic mass is 9.93. The molecule has 11 heavy (non-hydrogen) atoms. The van der Waals surface area contributed by atoms with Gasteiger partial charge < -0.3 is 10.2 Å². The Bertz CT molecular complexity index is 81.6. The van der Waals surface area contributed by atoms with Gasteiger partial charge in [-0.3, -0.25) is 0 Å². The molecule has 2 atom stereocenters. The van der Waals surface area contributed by atoms with Gasteiger partial charge in [-0.25, -0.2) is 0 Å². The Kier molecular flexibility index (Phi) is 6.57. The molecule has 0 aromatic carbocycles. The average molecular weight is 160 g/mol. The Labute approximate surface area is 69.2 Å². The van der Waals surface area contributed by atoms with Crippen LogP contribution >= 0.6 is 0 Å². The molecule has 2 heteroatoms. The minimum absolute atomic E-state index is 0.221. The van der Waals surface area contributed by atoms with Crippen LogP contribution in [0.1, 0.15) is 39.5 Å². The molecule has 2 N–H and O–H groups in total. The van der Waals surface area contributed by atoms with Crippen molar-refractivity contribution in [1.82, 2.24) is 0 Å². The van der Waals surface area contributed by atoms with Crippen LogP contribution in [0.2, 0.25) is 0 Å². The van der Waals surface area contributed by atoms with Gasteiger partial charge >= 0.3 is 0 Å². The fourth-order valence-electron chi connectivity index (χ4n) is 1.35. The number of hydrogen-bond acceptors (Lipinski definition) is 2. The van der Waals surface area contributed by atoms with E-state index in [1.54, 1.807) is 0 Å². The van der Waals surface area contributed by atoms with Crippen molar-refractivity contribution in [1.29, 1.82) is 0 Å². The molecule has 2 nitrogen and oxygen atoms in total. The quantitative estimate of drug-likeness (QED) is 0.619. The Morgan fingerprint density at radius 1 is 1.27 bits per heavy atom. The first-order valence-electron chi connectivity index (χ1n) is 4.51. The van der Waals surface area contributed by atoms with Crippen LogP contribution in [-0.4, -0.2) is 22.9 Å². The summed E-state index contributed by atoms with van der Waals surface area (Å²) in [4.78, 5) is 0. The van der Waals surface area contributed by atoms with E-state index in [1.807, 2.05) is 6.92 Å². The van der Waals surface area contributed by atoms with Crippen LogP contribution < -0.4 is 0 Å². The predicted octanol–water partition coefficient (Wildman–Crippen LogP) is 1.56. The highest BCUT2D eigenvalue weighted by molar-refractivity contribution is 4.64. The van der Waals surface area contributed by atoms with Gasteiger partial charge in [0.2, 0.25) is 0 Å². The molecule has 0 rings (SSSR count). The van der Waals surface area contributed by atoms with Gasteiger partial charge in [0, 0.05) is 6.61 Å². The summed E-state index contributed by atoms with van der Waals surface area (Å²) >= 11 is 0. The molecule has 0 spiro atoms. The normalized spacial score (nSPS) is 16.4. The van der Waals surface area contributed by atoms with Crippen LogP contribution in [0.15, 0.2) is 0 Å². The summed E-state index contributed by atoms with van der Waals surface area (Å²) in [6.45, 7) is 4.19. The molecule has 0 amide bonds. The molecule has 0 radical (unpaired) electrons. The summed E-state index contributed by atoms with van der Waals surface area (Å²) in [6.07, 6.45) is 3.72. The van der Waals surface area contributed by atoms with E-state index in [4.69, 9.17) is 5.11 Å². The average Bonchev–Trinajstić information content (AvgIpc) is 1.97. The van der Waals surface area contributed by atoms with Gasteiger partial charge in [-0.2, -0.15) is 0 Å². The molecule has 0 saturated heterocycles. The molecule has 0 aromatic rings. The number of rotatable bonds is 6. The molecule has 0 aliphatic rings. The molecule has 0 fully saturated rings. The summed E-state index contributed by atoms with van der Waals surface area (Å²) in [7, 11) is 0. The maximum absolute atomic E-state index is 9.29. The van der Waals surface area contributed by atoms with Crippen LogP contribution in [0, 0.1) is 5.92 Å². The van der Waals surface area contributed by atoms with E-state index in [0.717, 1.165) is 25.7 Å². The van der Waals surface area contributed by atoms with Crippen molar-refractivity contribution >= 4 is 0 Å². The zero-order valence-electron chi connectivity index (χ0n) is 7.58. The molecular weight excluding hydrogens is 140 g/mol. The number of hydrogen-bond donors (Lipinski definition) is 2. The fourth-order valence-corrected chi connectivity index (χ4v) is 1.35. The summed E-state index contributed by atoms with van der Waals surface area (Å²) in [5.74, 6) is 0.382. The van der Waals surface area contributed by atoms with Gasteiger partial charge in [0.25, 0.3) is 0 Å². The maximum atomic E-state index is 9.29. The lowest BCUT2D eigenvalue weighted by Gasteiger charge is -2.18. The van der Waals surface area contributed by atoms with E-state index in [9.17, 15) is 5.11 Å². The van der Waals surface area contributed by atoms with Crippen LogP contribution in [0.25, 0.3) is 0 Å². The summed E-state index contributed by atoms with van der Waals surface area (Å²) in [5.41, 5.74) is 0. The van der Waals surface area contributed by atoms with Crippen LogP contribution in [0.3, 0.4) is 0 Å². The van der Waals surface area contributed by atoms with Crippen LogP contribution in [-0.2, 0) is 0 Å². The van der Waals surface area contributed by atoms with Gasteiger partial charge in [0.1, 0.15) is 0 Å². The second kappa shape index (κ2) is 6.62. The monoisotopic (exact) mass is 160 g/mol. The molecule has 2 unspecified atom stereocenters. The SMILES string of the molecule is CCCC(CCCO)C(C)O. The van der Waals surface area contributed by atoms with E-state index < -0.39 is 0 Å². The Morgan fingerprint density at radius 3 is 2.27 bits per heavy atom. The molecule has 0 saturated carbocycles. The minimum Gasteiger partial charge on any atom is -0.396 e. The first kappa shape index (κ1) is 10.9. The zero-order chi connectivity index (χ0) is 8.69. The first-order valence-corrected chi connectivity index (χ1v) is 4.51. The number of aliphatic hydroxyl groups is 2. The minimum atomic E-state index is -0.221. The van der Waals surface area contributed by atoms with Gasteiger partial charge in [-0.1, -0.05) is 13.3 Å². The van der Waals surface area contributed by atoms with Crippen molar-refractivity contribution in [3.63, 3.8) is 0 Å². The molecule has 0 aliphatic heterocycles. The van der Waals surface area contributed by atoms with E-state index in [2.05, 4.69) is 6.92 Å². The smallest absolute Gasteiger partial charge is 0.0540 e. The third-order valence-electron chi connectivity index (χ3n) is 2.07. The fraction of sp³-hybridized carbons (Fsp3) is 1.00. The molecular formula is C9H20O2. The molecule has 0 aromatic heterocycles. The van der Waals surface area contributed by atoms with E-state index in [1.165, 1.54) is 0 Å². The van der Waals surface area contributed by atoms with Gasteiger partial charge in [0.15, 0.2) is 0 Å².